The molecular formula is C25H41NaO3. The van der Waals surface area contributed by atoms with Crippen LogP contribution in [-0.2, 0) is 4.79 Å². The summed E-state index contributed by atoms with van der Waals surface area (Å²) in [6, 6.07) is 8.30. The molecule has 0 aliphatic carbocycles. The fourth-order valence-electron chi connectivity index (χ4n) is 3.15. The van der Waals surface area contributed by atoms with Crippen LogP contribution in [-0.4, -0.2) is 17.4 Å². The van der Waals surface area contributed by atoms with Crippen molar-refractivity contribution in [2.75, 3.05) is 0 Å². The molecule has 0 bridgehead atoms. The molecule has 0 spiro atoms. The molecule has 0 amide bonds. The molecule has 4 heteroatoms. The number of aromatic carboxylic acids is 1. The molecule has 1 aromatic carbocycles. The molecule has 0 heterocycles. The van der Waals surface area contributed by atoms with Crippen LogP contribution in [0, 0.1) is 0 Å². The van der Waals surface area contributed by atoms with Crippen molar-refractivity contribution >= 4 is 12.3 Å². The van der Waals surface area contributed by atoms with Crippen LogP contribution in [0.25, 0.3) is 0 Å². The van der Waals surface area contributed by atoms with Gasteiger partial charge in [-0.25, -0.2) is 4.79 Å². The van der Waals surface area contributed by atoms with Crippen molar-refractivity contribution in [3.05, 3.63) is 35.9 Å². The van der Waals surface area contributed by atoms with Crippen LogP contribution in [0.1, 0.15) is 120 Å². The van der Waals surface area contributed by atoms with Crippen molar-refractivity contribution in [1.29, 1.82) is 0 Å². The number of rotatable bonds is 17. The van der Waals surface area contributed by atoms with E-state index in [9.17, 15) is 9.59 Å². The number of carboxylic acid groups (broad SMARTS) is 1. The third kappa shape index (κ3) is 23.5. The summed E-state index contributed by atoms with van der Waals surface area (Å²) in [7, 11) is 0. The van der Waals surface area contributed by atoms with Gasteiger partial charge < -0.3 is 9.90 Å². The van der Waals surface area contributed by atoms with Crippen molar-refractivity contribution in [1.82, 2.24) is 0 Å². The Balaban J connectivity index is 0. The first kappa shape index (κ1) is 30.6. The molecule has 29 heavy (non-hydrogen) atoms. The molecule has 3 nitrogen and oxygen atoms in total. The summed E-state index contributed by atoms with van der Waals surface area (Å²) in [6.07, 6.45) is 23.2. The van der Waals surface area contributed by atoms with Gasteiger partial charge in [-0.1, -0.05) is 121 Å². The van der Waals surface area contributed by atoms with E-state index in [-0.39, 0.29) is 29.6 Å². The Kier molecular flexibility index (Phi) is 26.8. The van der Waals surface area contributed by atoms with E-state index in [1.807, 2.05) is 6.29 Å². The number of unbranched alkanes of at least 4 members (excludes halogenated alkanes) is 15. The molecule has 0 fully saturated rings. The molecule has 0 radical (unpaired) electrons. The Hall–Kier alpha value is -0.640. The molecule has 0 aliphatic rings. The molecule has 1 rings (SSSR count). The van der Waals surface area contributed by atoms with Crippen molar-refractivity contribution in [2.24, 2.45) is 0 Å². The van der Waals surface area contributed by atoms with E-state index in [0.29, 0.717) is 12.0 Å². The molecule has 160 valence electrons. The van der Waals surface area contributed by atoms with E-state index in [4.69, 9.17) is 5.11 Å². The van der Waals surface area contributed by atoms with E-state index in [1.54, 1.807) is 30.3 Å². The minimum Gasteiger partial charge on any atom is -0.542 e. The molecule has 1 N–H and O–H groups in total. The van der Waals surface area contributed by atoms with Crippen LogP contribution < -0.4 is 29.6 Å². The minimum atomic E-state index is -0.879. The van der Waals surface area contributed by atoms with Crippen molar-refractivity contribution in [3.63, 3.8) is 0 Å². The van der Waals surface area contributed by atoms with E-state index in [0.717, 1.165) is 6.42 Å². The Morgan fingerprint density at radius 2 is 1.10 bits per heavy atom. The number of hydrogen-bond donors (Lipinski definition) is 1. The average molecular weight is 413 g/mol. The van der Waals surface area contributed by atoms with E-state index < -0.39 is 5.97 Å². The Morgan fingerprint density at radius 3 is 1.41 bits per heavy atom. The summed E-state index contributed by atoms with van der Waals surface area (Å²) in [4.78, 5) is 20.2. The largest absolute Gasteiger partial charge is 1.00 e. The van der Waals surface area contributed by atoms with Gasteiger partial charge in [0, 0.05) is 0 Å². The topological polar surface area (TPSA) is 54.4 Å². The molecule has 0 unspecified atom stereocenters. The second kappa shape index (κ2) is 25.4. The van der Waals surface area contributed by atoms with Crippen LogP contribution in [0.4, 0.5) is 0 Å². The van der Waals surface area contributed by atoms with Gasteiger partial charge in [0.15, 0.2) is 0 Å². The molecular weight excluding hydrogens is 371 g/mol. The van der Waals surface area contributed by atoms with Gasteiger partial charge in [-0.15, -0.1) is 0 Å². The predicted octanol–water partition coefficient (Wildman–Crippen LogP) is 4.75. The average Bonchev–Trinajstić information content (AvgIpc) is 2.72. The number of hydrogen-bond acceptors (Lipinski definition) is 2. The second-order valence-corrected chi connectivity index (χ2v) is 7.52. The molecule has 0 aromatic heterocycles. The first-order chi connectivity index (χ1) is 13.7. The van der Waals surface area contributed by atoms with Gasteiger partial charge >= 0.3 is 35.5 Å². The van der Waals surface area contributed by atoms with Gasteiger partial charge in [0.25, 0.3) is 0 Å². The van der Waals surface area contributed by atoms with Crippen molar-refractivity contribution in [2.45, 2.75) is 110 Å². The van der Waals surface area contributed by atoms with Gasteiger partial charge in [-0.05, 0) is 12.1 Å². The maximum Gasteiger partial charge on any atom is 1.00 e. The van der Waals surface area contributed by atoms with E-state index in [1.165, 1.54) is 89.9 Å². The van der Waals surface area contributed by atoms with Crippen LogP contribution >= 0.6 is 0 Å². The first-order valence-corrected chi connectivity index (χ1v) is 11.4. The quantitative estimate of drug-likeness (QED) is 0.228. The Morgan fingerprint density at radius 1 is 0.724 bits per heavy atom. The number of carboxylic acids is 1. The van der Waals surface area contributed by atoms with Gasteiger partial charge in [0.1, 0.15) is 0 Å². The molecule has 0 atom stereocenters. The fourth-order valence-corrected chi connectivity index (χ4v) is 3.15. The standard InChI is InChI=1S/C18H35O.C7H6O2.Na/c1-2-3-4-5-6-7-8-9-10-11-12-13-14-15-16-17-18-19;8-7(9)6-4-2-1-3-5-6;/h2-17H2,1H3;1-5H,(H,8,9);/q-1;;+1. The minimum absolute atomic E-state index is 0. The number of carbonyl (C=O) groups is 1. The van der Waals surface area contributed by atoms with E-state index >= 15 is 0 Å². The molecule has 0 saturated carbocycles. The zero-order valence-electron chi connectivity index (χ0n) is 19.0. The van der Waals surface area contributed by atoms with Gasteiger partial charge in [-0.3, -0.25) is 6.29 Å². The summed E-state index contributed by atoms with van der Waals surface area (Å²) in [5, 5.41) is 8.38. The fraction of sp³-hybridized carbons (Fsp3) is 0.680. The number of carbonyl (C=O) groups excluding carboxylic acids is 1. The van der Waals surface area contributed by atoms with Gasteiger partial charge in [0.05, 0.1) is 5.56 Å². The monoisotopic (exact) mass is 412 g/mol. The zero-order valence-corrected chi connectivity index (χ0v) is 21.0. The van der Waals surface area contributed by atoms with Crippen LogP contribution in [0.15, 0.2) is 30.3 Å². The molecule has 0 aliphatic heterocycles. The summed E-state index contributed by atoms with van der Waals surface area (Å²) < 4.78 is 0. The summed E-state index contributed by atoms with van der Waals surface area (Å²) in [6.45, 7) is 2.28. The molecule has 0 saturated heterocycles. The van der Waals surface area contributed by atoms with Crippen molar-refractivity contribution in [3.8, 4) is 0 Å². The first-order valence-electron chi connectivity index (χ1n) is 11.4. The maximum atomic E-state index is 10.2. The summed E-state index contributed by atoms with van der Waals surface area (Å²) in [5.41, 5.74) is 0.331. The summed E-state index contributed by atoms with van der Waals surface area (Å²) >= 11 is 0. The third-order valence-corrected chi connectivity index (χ3v) is 4.90. The predicted molar refractivity (Wildman–Crippen MR) is 119 cm³/mol. The van der Waals surface area contributed by atoms with Crippen LogP contribution in [0.3, 0.4) is 0 Å². The van der Waals surface area contributed by atoms with Crippen LogP contribution in [0.2, 0.25) is 0 Å². The van der Waals surface area contributed by atoms with Crippen LogP contribution in [0.5, 0.6) is 0 Å². The maximum absolute atomic E-state index is 10.2. The smallest absolute Gasteiger partial charge is 0.542 e. The van der Waals surface area contributed by atoms with Crippen molar-refractivity contribution < 1.29 is 44.3 Å². The Labute approximate surface area is 201 Å². The third-order valence-electron chi connectivity index (χ3n) is 4.90. The Bertz CT molecular complexity index is 462. The second-order valence-electron chi connectivity index (χ2n) is 7.52. The number of benzene rings is 1. The van der Waals surface area contributed by atoms with Gasteiger partial charge in [0.2, 0.25) is 0 Å². The van der Waals surface area contributed by atoms with Gasteiger partial charge in [-0.2, -0.15) is 6.42 Å². The SMILES string of the molecule is CCCCCCCCCCCCCCCCC[C-]=O.O=C(O)c1ccccc1.[Na+]. The molecule has 1 aromatic rings. The van der Waals surface area contributed by atoms with E-state index in [2.05, 4.69) is 6.92 Å². The zero-order chi connectivity index (χ0) is 20.7. The normalized spacial score (nSPS) is 9.83. The summed E-state index contributed by atoms with van der Waals surface area (Å²) in [5.74, 6) is -0.879.